The number of hydrogen-bond acceptors (Lipinski definition) is 3. The highest BCUT2D eigenvalue weighted by Crippen LogP contribution is 2.27. The Labute approximate surface area is 92.1 Å². The van der Waals surface area contributed by atoms with Gasteiger partial charge in [0.05, 0.1) is 12.2 Å². The molecule has 0 aromatic rings. The molecule has 1 saturated carbocycles. The number of nitrogens with zero attached hydrogens (tertiary/aromatic N) is 1. The Hall–Kier alpha value is -0.120. The Morgan fingerprint density at radius 2 is 1.73 bits per heavy atom. The van der Waals surface area contributed by atoms with E-state index in [9.17, 15) is 10.2 Å². The molecule has 0 spiro atoms. The molecule has 0 aromatic heterocycles. The Balaban J connectivity index is 1.92. The van der Waals surface area contributed by atoms with E-state index < -0.39 is 0 Å². The van der Waals surface area contributed by atoms with Crippen LogP contribution < -0.4 is 0 Å². The molecule has 1 aliphatic carbocycles. The zero-order valence-corrected chi connectivity index (χ0v) is 9.60. The highest BCUT2D eigenvalue weighted by Gasteiger charge is 2.33. The molecular formula is C12H23NO2. The predicted molar refractivity (Wildman–Crippen MR) is 59.6 cm³/mol. The van der Waals surface area contributed by atoms with Crippen molar-refractivity contribution in [2.24, 2.45) is 5.92 Å². The summed E-state index contributed by atoms with van der Waals surface area (Å²) in [4.78, 5) is 2.30. The summed E-state index contributed by atoms with van der Waals surface area (Å²) in [5, 5.41) is 19.8. The molecule has 2 rings (SSSR count). The van der Waals surface area contributed by atoms with Gasteiger partial charge in [0.15, 0.2) is 0 Å². The summed E-state index contributed by atoms with van der Waals surface area (Å²) in [5.74, 6) is 0.419. The topological polar surface area (TPSA) is 43.7 Å². The fraction of sp³-hybridized carbons (Fsp3) is 1.00. The molecular weight excluding hydrogens is 190 g/mol. The van der Waals surface area contributed by atoms with Crippen molar-refractivity contribution in [1.29, 1.82) is 0 Å². The number of β-amino-alcohol motifs (C(OH)–C–C–N with tert-alkyl or cyclic N) is 1. The van der Waals surface area contributed by atoms with Gasteiger partial charge in [0.1, 0.15) is 0 Å². The standard InChI is InChI=1S/C12H23NO2/c1-9-6-7-13(8-12(9)15)10-4-2-3-5-11(10)14/h9-12,14-15H,2-8H2,1H3. The van der Waals surface area contributed by atoms with Gasteiger partial charge in [0, 0.05) is 12.6 Å². The monoisotopic (exact) mass is 213 g/mol. The van der Waals surface area contributed by atoms with Crippen LogP contribution in [0.4, 0.5) is 0 Å². The summed E-state index contributed by atoms with van der Waals surface area (Å²) in [6.07, 6.45) is 5.11. The average Bonchev–Trinajstić information content (AvgIpc) is 2.23. The van der Waals surface area contributed by atoms with E-state index in [1.165, 1.54) is 6.42 Å². The van der Waals surface area contributed by atoms with Gasteiger partial charge in [0.2, 0.25) is 0 Å². The minimum atomic E-state index is -0.201. The van der Waals surface area contributed by atoms with Crippen molar-refractivity contribution >= 4 is 0 Å². The number of aliphatic hydroxyl groups excluding tert-OH is 2. The third-order valence-electron chi connectivity index (χ3n) is 4.11. The molecule has 1 aliphatic heterocycles. The molecule has 0 radical (unpaired) electrons. The van der Waals surface area contributed by atoms with Crippen molar-refractivity contribution in [2.45, 2.75) is 57.3 Å². The maximum absolute atomic E-state index is 9.95. The van der Waals surface area contributed by atoms with Crippen LogP contribution in [0.3, 0.4) is 0 Å². The average molecular weight is 213 g/mol. The van der Waals surface area contributed by atoms with Crippen LogP contribution in [-0.2, 0) is 0 Å². The van der Waals surface area contributed by atoms with Crippen LogP contribution in [0.2, 0.25) is 0 Å². The molecule has 2 N–H and O–H groups in total. The minimum absolute atomic E-state index is 0.167. The fourth-order valence-electron chi connectivity index (χ4n) is 2.89. The summed E-state index contributed by atoms with van der Waals surface area (Å²) >= 11 is 0. The number of piperidine rings is 1. The maximum atomic E-state index is 9.95. The van der Waals surface area contributed by atoms with Gasteiger partial charge >= 0.3 is 0 Å². The smallest absolute Gasteiger partial charge is 0.0695 e. The number of hydrogen-bond donors (Lipinski definition) is 2. The molecule has 2 aliphatic rings. The molecule has 4 atom stereocenters. The number of aliphatic hydroxyl groups is 2. The van der Waals surface area contributed by atoms with Crippen LogP contribution in [0.1, 0.15) is 39.0 Å². The third kappa shape index (κ3) is 2.52. The second kappa shape index (κ2) is 4.81. The van der Waals surface area contributed by atoms with Crippen LogP contribution in [0.5, 0.6) is 0 Å². The molecule has 1 saturated heterocycles. The van der Waals surface area contributed by atoms with Crippen molar-refractivity contribution in [3.8, 4) is 0 Å². The molecule has 1 heterocycles. The third-order valence-corrected chi connectivity index (χ3v) is 4.11. The first-order chi connectivity index (χ1) is 7.18. The zero-order valence-electron chi connectivity index (χ0n) is 9.60. The van der Waals surface area contributed by atoms with Crippen molar-refractivity contribution in [3.63, 3.8) is 0 Å². The molecule has 4 unspecified atom stereocenters. The van der Waals surface area contributed by atoms with E-state index in [0.717, 1.165) is 38.8 Å². The van der Waals surface area contributed by atoms with E-state index in [4.69, 9.17) is 0 Å². The summed E-state index contributed by atoms with van der Waals surface area (Å²) in [7, 11) is 0. The van der Waals surface area contributed by atoms with Gasteiger partial charge in [-0.3, -0.25) is 4.90 Å². The van der Waals surface area contributed by atoms with Gasteiger partial charge in [-0.1, -0.05) is 19.8 Å². The molecule has 0 amide bonds. The quantitative estimate of drug-likeness (QED) is 0.683. The van der Waals surface area contributed by atoms with Crippen LogP contribution in [0.25, 0.3) is 0 Å². The van der Waals surface area contributed by atoms with E-state index in [2.05, 4.69) is 11.8 Å². The van der Waals surface area contributed by atoms with E-state index in [1.54, 1.807) is 0 Å². The zero-order chi connectivity index (χ0) is 10.8. The molecule has 3 heteroatoms. The first kappa shape index (κ1) is 11.4. The van der Waals surface area contributed by atoms with E-state index in [0.29, 0.717) is 12.0 Å². The summed E-state index contributed by atoms with van der Waals surface area (Å²) < 4.78 is 0. The Bertz CT molecular complexity index is 210. The van der Waals surface area contributed by atoms with Gasteiger partial charge in [0.25, 0.3) is 0 Å². The molecule has 2 fully saturated rings. The molecule has 3 nitrogen and oxygen atoms in total. The fourth-order valence-corrected chi connectivity index (χ4v) is 2.89. The van der Waals surface area contributed by atoms with Gasteiger partial charge in [-0.15, -0.1) is 0 Å². The molecule has 88 valence electrons. The summed E-state index contributed by atoms with van der Waals surface area (Å²) in [6, 6.07) is 0.306. The van der Waals surface area contributed by atoms with Crippen molar-refractivity contribution in [2.75, 3.05) is 13.1 Å². The van der Waals surface area contributed by atoms with Crippen molar-refractivity contribution in [1.82, 2.24) is 4.90 Å². The second-order valence-electron chi connectivity index (χ2n) is 5.25. The van der Waals surface area contributed by atoms with Gasteiger partial charge in [-0.25, -0.2) is 0 Å². The first-order valence-electron chi connectivity index (χ1n) is 6.28. The second-order valence-corrected chi connectivity index (χ2v) is 5.25. The van der Waals surface area contributed by atoms with E-state index in [1.807, 2.05) is 0 Å². The molecule has 0 bridgehead atoms. The number of likely N-dealkylation sites (tertiary alicyclic amines) is 1. The Morgan fingerprint density at radius 3 is 2.40 bits per heavy atom. The van der Waals surface area contributed by atoms with Crippen molar-refractivity contribution < 1.29 is 10.2 Å². The highest BCUT2D eigenvalue weighted by atomic mass is 16.3. The lowest BCUT2D eigenvalue weighted by molar-refractivity contribution is -0.0384. The van der Waals surface area contributed by atoms with Gasteiger partial charge < -0.3 is 10.2 Å². The van der Waals surface area contributed by atoms with Crippen LogP contribution >= 0.6 is 0 Å². The first-order valence-corrected chi connectivity index (χ1v) is 6.28. The lowest BCUT2D eigenvalue weighted by atomic mass is 9.88. The normalized spacial score (nSPS) is 44.2. The Morgan fingerprint density at radius 1 is 1.00 bits per heavy atom. The number of rotatable bonds is 1. The van der Waals surface area contributed by atoms with E-state index >= 15 is 0 Å². The molecule has 0 aromatic carbocycles. The summed E-state index contributed by atoms with van der Waals surface area (Å²) in [6.45, 7) is 3.90. The predicted octanol–water partition coefficient (Wildman–Crippen LogP) is 0.993. The molecule has 15 heavy (non-hydrogen) atoms. The lowest BCUT2D eigenvalue weighted by Gasteiger charge is -2.42. The van der Waals surface area contributed by atoms with Crippen LogP contribution in [0, 0.1) is 5.92 Å². The minimum Gasteiger partial charge on any atom is -0.392 e. The van der Waals surface area contributed by atoms with Crippen LogP contribution in [-0.4, -0.2) is 46.5 Å². The Kier molecular flexibility index (Phi) is 3.65. The van der Waals surface area contributed by atoms with Crippen LogP contribution in [0.15, 0.2) is 0 Å². The van der Waals surface area contributed by atoms with Gasteiger partial charge in [-0.2, -0.15) is 0 Å². The SMILES string of the molecule is CC1CCN(C2CCCCC2O)CC1O. The lowest BCUT2D eigenvalue weighted by Crippen LogP contribution is -2.52. The summed E-state index contributed by atoms with van der Waals surface area (Å²) in [5.41, 5.74) is 0. The van der Waals surface area contributed by atoms with E-state index in [-0.39, 0.29) is 12.2 Å². The largest absolute Gasteiger partial charge is 0.392 e. The van der Waals surface area contributed by atoms with Gasteiger partial charge in [-0.05, 0) is 31.7 Å². The maximum Gasteiger partial charge on any atom is 0.0695 e. The highest BCUT2D eigenvalue weighted by molar-refractivity contribution is 4.87. The van der Waals surface area contributed by atoms with Crippen molar-refractivity contribution in [3.05, 3.63) is 0 Å².